The number of nitrogens with one attached hydrogen (secondary N) is 1. The monoisotopic (exact) mass is 377 g/mol. The van der Waals surface area contributed by atoms with Crippen LogP contribution in [0.15, 0.2) is 53.4 Å². The van der Waals surface area contributed by atoms with Gasteiger partial charge >= 0.3 is 0 Å². The Morgan fingerprint density at radius 1 is 1.19 bits per heavy atom. The molecule has 1 saturated carbocycles. The predicted molar refractivity (Wildman–Crippen MR) is 96.3 cm³/mol. The highest BCUT2D eigenvalue weighted by Crippen LogP contribution is 2.28. The molecule has 1 aliphatic rings. The van der Waals surface area contributed by atoms with Gasteiger partial charge in [0.25, 0.3) is 0 Å². The van der Waals surface area contributed by atoms with Crippen LogP contribution in [0.2, 0.25) is 0 Å². The summed E-state index contributed by atoms with van der Waals surface area (Å²) in [6.45, 7) is 0.445. The molecule has 0 heterocycles. The molecular formula is C18H20FN3O3S. The zero-order valence-corrected chi connectivity index (χ0v) is 14.9. The van der Waals surface area contributed by atoms with Gasteiger partial charge in [-0.05, 0) is 37.1 Å². The first-order valence-electron chi connectivity index (χ1n) is 8.23. The molecule has 2 aromatic rings. The first-order valence-corrected chi connectivity index (χ1v) is 9.78. The lowest BCUT2D eigenvalue weighted by atomic mass is 10.2. The van der Waals surface area contributed by atoms with E-state index in [0.29, 0.717) is 17.8 Å². The van der Waals surface area contributed by atoms with Crippen molar-refractivity contribution in [1.29, 1.82) is 0 Å². The minimum Gasteiger partial charge on any atom is -0.325 e. The van der Waals surface area contributed by atoms with Crippen LogP contribution in [0.3, 0.4) is 0 Å². The van der Waals surface area contributed by atoms with Crippen molar-refractivity contribution in [2.24, 2.45) is 5.14 Å². The van der Waals surface area contributed by atoms with Crippen LogP contribution in [-0.2, 0) is 21.4 Å². The highest BCUT2D eigenvalue weighted by Gasteiger charge is 2.30. The molecule has 6 nitrogen and oxygen atoms in total. The molecule has 0 aliphatic heterocycles. The van der Waals surface area contributed by atoms with E-state index in [4.69, 9.17) is 5.14 Å². The standard InChI is InChI=1S/C18H20FN3O3S/c19-17-7-2-1-4-13(17)11-22(15-8-9-15)12-18(23)21-14-5-3-6-16(10-14)26(20,24)25/h1-7,10,15H,8-9,11-12H2,(H,21,23)(H2,20,24,25). The first-order chi connectivity index (χ1) is 12.3. The molecule has 0 radical (unpaired) electrons. The first kappa shape index (κ1) is 18.5. The lowest BCUT2D eigenvalue weighted by Crippen LogP contribution is -2.34. The Morgan fingerprint density at radius 2 is 1.92 bits per heavy atom. The average molecular weight is 377 g/mol. The van der Waals surface area contributed by atoms with Crippen LogP contribution in [0, 0.1) is 5.82 Å². The van der Waals surface area contributed by atoms with Crippen molar-refractivity contribution < 1.29 is 17.6 Å². The van der Waals surface area contributed by atoms with Gasteiger partial charge in [0.1, 0.15) is 5.82 Å². The third-order valence-electron chi connectivity index (χ3n) is 4.19. The zero-order chi connectivity index (χ0) is 18.7. The molecule has 1 amide bonds. The highest BCUT2D eigenvalue weighted by molar-refractivity contribution is 7.89. The number of amides is 1. The summed E-state index contributed by atoms with van der Waals surface area (Å²) in [7, 11) is -3.84. The quantitative estimate of drug-likeness (QED) is 0.773. The number of primary sulfonamides is 1. The summed E-state index contributed by atoms with van der Waals surface area (Å²) in [4.78, 5) is 14.2. The van der Waals surface area contributed by atoms with E-state index < -0.39 is 10.0 Å². The Labute approximate surface area is 151 Å². The molecule has 1 aliphatic carbocycles. The van der Waals surface area contributed by atoms with Crippen molar-refractivity contribution in [3.8, 4) is 0 Å². The molecule has 0 unspecified atom stereocenters. The number of nitrogens with zero attached hydrogens (tertiary/aromatic N) is 1. The Balaban J connectivity index is 1.67. The van der Waals surface area contributed by atoms with E-state index in [-0.39, 0.29) is 29.2 Å². The number of anilines is 1. The van der Waals surface area contributed by atoms with E-state index in [9.17, 15) is 17.6 Å². The summed E-state index contributed by atoms with van der Waals surface area (Å²) in [5.41, 5.74) is 0.895. The Bertz CT molecular complexity index is 913. The summed E-state index contributed by atoms with van der Waals surface area (Å²) < 4.78 is 36.7. The molecule has 2 aromatic carbocycles. The second-order valence-corrected chi connectivity index (χ2v) is 7.91. The molecule has 0 spiro atoms. The Kier molecular flexibility index (Phi) is 5.36. The average Bonchev–Trinajstić information content (AvgIpc) is 3.40. The second kappa shape index (κ2) is 7.53. The molecule has 0 saturated heterocycles. The van der Waals surface area contributed by atoms with E-state index in [0.717, 1.165) is 12.8 Å². The Morgan fingerprint density at radius 3 is 2.58 bits per heavy atom. The highest BCUT2D eigenvalue weighted by atomic mass is 32.2. The zero-order valence-electron chi connectivity index (χ0n) is 14.1. The van der Waals surface area contributed by atoms with Crippen molar-refractivity contribution in [2.75, 3.05) is 11.9 Å². The summed E-state index contributed by atoms with van der Waals surface area (Å²) in [5.74, 6) is -0.584. The molecule has 1 fully saturated rings. The maximum Gasteiger partial charge on any atom is 0.238 e. The van der Waals surface area contributed by atoms with Gasteiger partial charge in [-0.1, -0.05) is 24.3 Å². The van der Waals surface area contributed by atoms with Gasteiger partial charge in [0.15, 0.2) is 0 Å². The van der Waals surface area contributed by atoms with Gasteiger partial charge in [-0.25, -0.2) is 17.9 Å². The van der Waals surface area contributed by atoms with E-state index in [1.54, 1.807) is 24.3 Å². The largest absolute Gasteiger partial charge is 0.325 e. The van der Waals surface area contributed by atoms with Gasteiger partial charge in [-0.3, -0.25) is 9.69 Å². The Hall–Kier alpha value is -2.29. The van der Waals surface area contributed by atoms with E-state index in [2.05, 4.69) is 5.32 Å². The number of rotatable bonds is 7. The van der Waals surface area contributed by atoms with Gasteiger partial charge in [-0.2, -0.15) is 0 Å². The van der Waals surface area contributed by atoms with Crippen molar-refractivity contribution in [3.05, 3.63) is 59.9 Å². The molecule has 0 bridgehead atoms. The van der Waals surface area contributed by atoms with Crippen molar-refractivity contribution in [1.82, 2.24) is 4.90 Å². The fourth-order valence-corrected chi connectivity index (χ4v) is 3.29. The molecule has 8 heteroatoms. The van der Waals surface area contributed by atoms with E-state index >= 15 is 0 Å². The SMILES string of the molecule is NS(=O)(=O)c1cccc(NC(=O)CN(Cc2ccccc2F)C2CC2)c1. The maximum atomic E-state index is 13.9. The number of carbonyl (C=O) groups is 1. The van der Waals surface area contributed by atoms with Gasteiger partial charge in [0, 0.05) is 23.8 Å². The summed E-state index contributed by atoms with van der Waals surface area (Å²) in [6.07, 6.45) is 1.95. The molecule has 26 heavy (non-hydrogen) atoms. The normalized spacial score (nSPS) is 14.4. The number of benzene rings is 2. The van der Waals surface area contributed by atoms with Crippen LogP contribution in [0.4, 0.5) is 10.1 Å². The molecular weight excluding hydrogens is 357 g/mol. The third-order valence-corrected chi connectivity index (χ3v) is 5.10. The number of carbonyl (C=O) groups excluding carboxylic acids is 1. The third kappa shape index (κ3) is 4.87. The molecule has 3 N–H and O–H groups in total. The fourth-order valence-electron chi connectivity index (χ4n) is 2.74. The summed E-state index contributed by atoms with van der Waals surface area (Å²) >= 11 is 0. The van der Waals surface area contributed by atoms with Crippen LogP contribution in [-0.4, -0.2) is 31.8 Å². The molecule has 0 aromatic heterocycles. The minimum absolute atomic E-state index is 0.0688. The van der Waals surface area contributed by atoms with E-state index in [1.165, 1.54) is 24.3 Å². The minimum atomic E-state index is -3.84. The fraction of sp³-hybridized carbons (Fsp3) is 0.278. The molecule has 0 atom stereocenters. The predicted octanol–water partition coefficient (Wildman–Crippen LogP) is 2.08. The summed E-state index contributed by atoms with van der Waals surface area (Å²) in [5, 5.41) is 7.77. The summed E-state index contributed by atoms with van der Waals surface area (Å²) in [6, 6.07) is 12.5. The molecule has 138 valence electrons. The molecule has 3 rings (SSSR count). The van der Waals surface area contributed by atoms with Crippen molar-refractivity contribution >= 4 is 21.6 Å². The lowest BCUT2D eigenvalue weighted by molar-refractivity contribution is -0.117. The number of nitrogens with two attached hydrogens (primary N) is 1. The van der Waals surface area contributed by atoms with Crippen LogP contribution in [0.5, 0.6) is 0 Å². The second-order valence-electron chi connectivity index (χ2n) is 6.35. The topological polar surface area (TPSA) is 92.5 Å². The number of hydrogen-bond donors (Lipinski definition) is 2. The van der Waals surface area contributed by atoms with Crippen LogP contribution >= 0.6 is 0 Å². The number of halogens is 1. The maximum absolute atomic E-state index is 13.9. The lowest BCUT2D eigenvalue weighted by Gasteiger charge is -2.21. The van der Waals surface area contributed by atoms with Gasteiger partial charge < -0.3 is 5.32 Å². The number of sulfonamides is 1. The van der Waals surface area contributed by atoms with E-state index in [1.807, 2.05) is 4.90 Å². The van der Waals surface area contributed by atoms with Crippen molar-refractivity contribution in [2.45, 2.75) is 30.3 Å². The van der Waals surface area contributed by atoms with Crippen LogP contribution in [0.25, 0.3) is 0 Å². The smallest absolute Gasteiger partial charge is 0.238 e. The van der Waals surface area contributed by atoms with Crippen LogP contribution in [0.1, 0.15) is 18.4 Å². The van der Waals surface area contributed by atoms with Crippen molar-refractivity contribution in [3.63, 3.8) is 0 Å². The van der Waals surface area contributed by atoms with Gasteiger partial charge in [-0.15, -0.1) is 0 Å². The van der Waals surface area contributed by atoms with Gasteiger partial charge in [0.2, 0.25) is 15.9 Å². The van der Waals surface area contributed by atoms with Gasteiger partial charge in [0.05, 0.1) is 11.4 Å². The number of hydrogen-bond acceptors (Lipinski definition) is 4. The van der Waals surface area contributed by atoms with Crippen LogP contribution < -0.4 is 10.5 Å².